The molecule has 1 aliphatic rings. The van der Waals surface area contributed by atoms with Crippen LogP contribution in [0.4, 0.5) is 0 Å². The van der Waals surface area contributed by atoms with Gasteiger partial charge in [-0.1, -0.05) is 17.7 Å². The third kappa shape index (κ3) is 6.07. The molecule has 6 nitrogen and oxygen atoms in total. The Kier molecular flexibility index (Phi) is 8.03. The zero-order valence-corrected chi connectivity index (χ0v) is 20.3. The van der Waals surface area contributed by atoms with E-state index in [2.05, 4.69) is 27.3 Å². The van der Waals surface area contributed by atoms with Crippen LogP contribution in [0.15, 0.2) is 60.8 Å². The van der Waals surface area contributed by atoms with Gasteiger partial charge in [0.1, 0.15) is 0 Å². The summed E-state index contributed by atoms with van der Waals surface area (Å²) < 4.78 is 10.8. The summed E-state index contributed by atoms with van der Waals surface area (Å²) in [5, 5.41) is 3.60. The van der Waals surface area contributed by atoms with Crippen LogP contribution in [0.5, 0.6) is 11.5 Å². The number of halogens is 1. The van der Waals surface area contributed by atoms with Gasteiger partial charge in [0.15, 0.2) is 11.5 Å². The molecule has 1 N–H and O–H groups in total. The zero-order chi connectivity index (χ0) is 23.9. The molecule has 0 saturated carbocycles. The number of methoxy groups -OCH3 is 2. The highest BCUT2D eigenvalue weighted by Crippen LogP contribution is 2.30. The van der Waals surface area contributed by atoms with Crippen molar-refractivity contribution in [2.45, 2.75) is 31.8 Å². The number of nitrogens with one attached hydrogen (secondary N) is 1. The van der Waals surface area contributed by atoms with Gasteiger partial charge in [-0.25, -0.2) is 0 Å². The lowest BCUT2D eigenvalue weighted by atomic mass is 9.92. The fourth-order valence-corrected chi connectivity index (χ4v) is 4.46. The monoisotopic (exact) mass is 479 g/mol. The van der Waals surface area contributed by atoms with Crippen molar-refractivity contribution in [3.05, 3.63) is 88.2 Å². The molecular formula is C27H30ClN3O3. The number of ether oxygens (including phenoxy) is 2. The first-order valence-electron chi connectivity index (χ1n) is 11.5. The van der Waals surface area contributed by atoms with Crippen LogP contribution in [0.25, 0.3) is 0 Å². The predicted molar refractivity (Wildman–Crippen MR) is 134 cm³/mol. The summed E-state index contributed by atoms with van der Waals surface area (Å²) in [4.78, 5) is 19.5. The van der Waals surface area contributed by atoms with Gasteiger partial charge in [0, 0.05) is 41.5 Å². The van der Waals surface area contributed by atoms with Crippen LogP contribution >= 0.6 is 11.6 Å². The first-order chi connectivity index (χ1) is 16.6. The average molecular weight is 480 g/mol. The highest BCUT2D eigenvalue weighted by Gasteiger charge is 2.22. The van der Waals surface area contributed by atoms with Gasteiger partial charge in [-0.05, 0) is 85.6 Å². The van der Waals surface area contributed by atoms with Crippen molar-refractivity contribution in [2.75, 3.05) is 27.3 Å². The molecule has 0 unspecified atom stereocenters. The number of pyridine rings is 1. The molecule has 1 aliphatic heterocycles. The van der Waals surface area contributed by atoms with E-state index in [1.165, 1.54) is 5.56 Å². The maximum atomic E-state index is 12.4. The van der Waals surface area contributed by atoms with Gasteiger partial charge in [0.25, 0.3) is 5.91 Å². The van der Waals surface area contributed by atoms with Crippen molar-refractivity contribution in [3.8, 4) is 11.5 Å². The summed E-state index contributed by atoms with van der Waals surface area (Å²) in [5.74, 6) is 1.83. The second kappa shape index (κ2) is 11.4. The van der Waals surface area contributed by atoms with E-state index < -0.39 is 0 Å². The van der Waals surface area contributed by atoms with Crippen LogP contribution in [0, 0.1) is 0 Å². The molecular weight excluding hydrogens is 450 g/mol. The molecule has 0 spiro atoms. The first kappa shape index (κ1) is 24.0. The van der Waals surface area contributed by atoms with Gasteiger partial charge in [0.05, 0.1) is 14.2 Å². The molecule has 34 heavy (non-hydrogen) atoms. The summed E-state index contributed by atoms with van der Waals surface area (Å²) in [7, 11) is 3.32. The molecule has 178 valence electrons. The van der Waals surface area contributed by atoms with Crippen LogP contribution in [0.2, 0.25) is 5.02 Å². The van der Waals surface area contributed by atoms with Crippen LogP contribution in [0.3, 0.4) is 0 Å². The largest absolute Gasteiger partial charge is 0.493 e. The number of carbonyl (C=O) groups is 1. The van der Waals surface area contributed by atoms with Crippen molar-refractivity contribution in [1.82, 2.24) is 15.2 Å². The van der Waals surface area contributed by atoms with Crippen LogP contribution in [0.1, 0.15) is 45.9 Å². The Bertz CT molecular complexity index is 1110. The summed E-state index contributed by atoms with van der Waals surface area (Å²) in [5.41, 5.74) is 3.97. The number of nitrogens with zero attached hydrogens (tertiary/aromatic N) is 2. The fraction of sp³-hybridized carbons (Fsp3) is 0.333. The number of piperidine rings is 1. The Morgan fingerprint density at radius 1 is 1.00 bits per heavy atom. The zero-order valence-electron chi connectivity index (χ0n) is 19.6. The van der Waals surface area contributed by atoms with E-state index in [-0.39, 0.29) is 5.91 Å². The Balaban J connectivity index is 1.30. The molecule has 1 aromatic heterocycles. The lowest BCUT2D eigenvalue weighted by Gasteiger charge is -2.32. The topological polar surface area (TPSA) is 63.7 Å². The van der Waals surface area contributed by atoms with E-state index in [1.807, 2.05) is 24.4 Å². The van der Waals surface area contributed by atoms with E-state index in [0.717, 1.165) is 55.2 Å². The molecule has 4 rings (SSSR count). The smallest absolute Gasteiger partial charge is 0.251 e. The van der Waals surface area contributed by atoms with Crippen molar-refractivity contribution in [3.63, 3.8) is 0 Å². The van der Waals surface area contributed by atoms with Crippen LogP contribution < -0.4 is 14.8 Å². The number of likely N-dealkylation sites (tertiary alicyclic amines) is 1. The average Bonchev–Trinajstić information content (AvgIpc) is 2.88. The number of benzene rings is 2. The van der Waals surface area contributed by atoms with Gasteiger partial charge in [0.2, 0.25) is 0 Å². The van der Waals surface area contributed by atoms with Crippen LogP contribution in [-0.2, 0) is 13.1 Å². The number of aromatic nitrogens is 1. The molecule has 2 heterocycles. The standard InChI is InChI=1S/C27H30ClN3O3/c1-33-25-8-3-20(16-26(25)34-2)18-31-13-10-21(11-14-31)24-15-19(9-12-29-24)17-30-27(32)22-4-6-23(28)7-5-22/h3-9,12,15-16,21H,10-11,13-14,17-18H2,1-2H3,(H,30,32). The summed E-state index contributed by atoms with van der Waals surface area (Å²) in [6.45, 7) is 3.38. The number of amides is 1. The number of rotatable bonds is 8. The van der Waals surface area contributed by atoms with Crippen molar-refractivity contribution in [2.24, 2.45) is 0 Å². The molecule has 0 atom stereocenters. The molecule has 1 fully saturated rings. The van der Waals surface area contributed by atoms with Crippen molar-refractivity contribution >= 4 is 17.5 Å². The Morgan fingerprint density at radius 2 is 1.74 bits per heavy atom. The molecule has 7 heteroatoms. The molecule has 2 aromatic carbocycles. The Labute approximate surface area is 205 Å². The molecule has 1 amide bonds. The maximum Gasteiger partial charge on any atom is 0.251 e. The van der Waals surface area contributed by atoms with E-state index in [0.29, 0.717) is 23.0 Å². The summed E-state index contributed by atoms with van der Waals surface area (Å²) in [6.07, 6.45) is 3.96. The minimum Gasteiger partial charge on any atom is -0.493 e. The van der Waals surface area contributed by atoms with Crippen molar-refractivity contribution < 1.29 is 14.3 Å². The molecule has 0 radical (unpaired) electrons. The van der Waals surface area contributed by atoms with E-state index >= 15 is 0 Å². The quantitative estimate of drug-likeness (QED) is 0.489. The van der Waals surface area contributed by atoms with Crippen LogP contribution in [-0.4, -0.2) is 43.1 Å². The summed E-state index contributed by atoms with van der Waals surface area (Å²) >= 11 is 5.90. The molecule has 1 saturated heterocycles. The normalized spacial score (nSPS) is 14.6. The SMILES string of the molecule is COc1ccc(CN2CCC(c3cc(CNC(=O)c4ccc(Cl)cc4)ccn3)CC2)cc1OC. The number of carbonyl (C=O) groups excluding carboxylic acids is 1. The molecule has 3 aromatic rings. The number of hydrogen-bond acceptors (Lipinski definition) is 5. The van der Waals surface area contributed by atoms with Gasteiger partial charge < -0.3 is 14.8 Å². The van der Waals surface area contributed by atoms with E-state index in [1.54, 1.807) is 38.5 Å². The Morgan fingerprint density at radius 3 is 2.44 bits per heavy atom. The lowest BCUT2D eigenvalue weighted by Crippen LogP contribution is -2.32. The maximum absolute atomic E-state index is 12.4. The predicted octanol–water partition coefficient (Wildman–Crippen LogP) is 5.06. The van der Waals surface area contributed by atoms with Gasteiger partial charge in [-0.3, -0.25) is 14.7 Å². The van der Waals surface area contributed by atoms with E-state index in [9.17, 15) is 4.79 Å². The minimum atomic E-state index is -0.113. The highest BCUT2D eigenvalue weighted by atomic mass is 35.5. The first-order valence-corrected chi connectivity index (χ1v) is 11.9. The molecule has 0 bridgehead atoms. The summed E-state index contributed by atoms with van der Waals surface area (Å²) in [6, 6.07) is 17.1. The van der Waals surface area contributed by atoms with Gasteiger partial charge in [-0.15, -0.1) is 0 Å². The fourth-order valence-electron chi connectivity index (χ4n) is 4.34. The van der Waals surface area contributed by atoms with E-state index in [4.69, 9.17) is 21.1 Å². The second-order valence-corrected chi connectivity index (χ2v) is 8.95. The van der Waals surface area contributed by atoms with Gasteiger partial charge >= 0.3 is 0 Å². The third-order valence-electron chi connectivity index (χ3n) is 6.26. The second-order valence-electron chi connectivity index (χ2n) is 8.52. The molecule has 0 aliphatic carbocycles. The van der Waals surface area contributed by atoms with Gasteiger partial charge in [-0.2, -0.15) is 0 Å². The van der Waals surface area contributed by atoms with Crippen molar-refractivity contribution in [1.29, 1.82) is 0 Å². The Hall–Kier alpha value is -3.09. The third-order valence-corrected chi connectivity index (χ3v) is 6.52. The minimum absolute atomic E-state index is 0.113. The lowest BCUT2D eigenvalue weighted by molar-refractivity contribution is 0.0951. The highest BCUT2D eigenvalue weighted by molar-refractivity contribution is 6.30. The number of hydrogen-bond donors (Lipinski definition) is 1.